The molecular weight excluding hydrogens is 376 g/mol. The maximum Gasteiger partial charge on any atom is 0.341 e. The van der Waals surface area contributed by atoms with E-state index >= 15 is 0 Å². The summed E-state index contributed by atoms with van der Waals surface area (Å²) in [6, 6.07) is 7.40. The number of anilines is 1. The summed E-state index contributed by atoms with van der Waals surface area (Å²) < 4.78 is 5.08. The number of carbonyl (C=O) groups excluding carboxylic acids is 3. The second kappa shape index (κ2) is 10.1. The summed E-state index contributed by atoms with van der Waals surface area (Å²) >= 11 is 1.08. The molecule has 2 aromatic rings. The van der Waals surface area contributed by atoms with Gasteiger partial charge >= 0.3 is 5.97 Å². The van der Waals surface area contributed by atoms with Gasteiger partial charge in [-0.3, -0.25) is 14.5 Å². The first-order chi connectivity index (χ1) is 13.4. The van der Waals surface area contributed by atoms with E-state index in [0.29, 0.717) is 27.3 Å². The first-order valence-corrected chi connectivity index (χ1v) is 10.1. The Hall–Kier alpha value is -2.51. The number of hydrogen-bond donors (Lipinski definition) is 1. The fraction of sp³-hybridized carbons (Fsp3) is 0.381. The Morgan fingerprint density at radius 1 is 1.21 bits per heavy atom. The molecule has 2 rings (SSSR count). The van der Waals surface area contributed by atoms with Gasteiger partial charge in [-0.05, 0) is 50.2 Å². The lowest BCUT2D eigenvalue weighted by atomic mass is 10.1. The van der Waals surface area contributed by atoms with Crippen LogP contribution in [0.2, 0.25) is 0 Å². The van der Waals surface area contributed by atoms with Crippen molar-refractivity contribution in [3.8, 4) is 0 Å². The highest BCUT2D eigenvalue weighted by Crippen LogP contribution is 2.33. The van der Waals surface area contributed by atoms with E-state index in [-0.39, 0.29) is 18.1 Å². The average Bonchev–Trinajstić information content (AvgIpc) is 3.01. The molecule has 0 aliphatic carbocycles. The third kappa shape index (κ3) is 5.05. The monoisotopic (exact) mass is 402 g/mol. The van der Waals surface area contributed by atoms with Crippen molar-refractivity contribution in [3.05, 3.63) is 51.4 Å². The van der Waals surface area contributed by atoms with Gasteiger partial charge in [-0.25, -0.2) is 4.79 Å². The topological polar surface area (TPSA) is 75.7 Å². The van der Waals surface area contributed by atoms with E-state index < -0.39 is 5.97 Å². The van der Waals surface area contributed by atoms with Gasteiger partial charge in [0.1, 0.15) is 5.00 Å². The Morgan fingerprint density at radius 3 is 2.54 bits per heavy atom. The van der Waals surface area contributed by atoms with E-state index in [1.165, 1.54) is 0 Å². The number of thiophene rings is 1. The predicted molar refractivity (Wildman–Crippen MR) is 111 cm³/mol. The minimum atomic E-state index is -0.546. The van der Waals surface area contributed by atoms with Crippen LogP contribution in [0.5, 0.6) is 0 Å². The smallest absolute Gasteiger partial charge is 0.341 e. The molecule has 1 aromatic carbocycles. The number of carbonyl (C=O) groups is 3. The van der Waals surface area contributed by atoms with Gasteiger partial charge < -0.3 is 10.1 Å². The standard InChI is InChI=1S/C21H26N2O4S/c1-5-23(6-2)12-15-9-8-10-16(11-15)19(25)22-20-18(21(26)27-7-3)14(4)17(13-24)28-20/h8-11,13H,5-7,12H2,1-4H3,(H,22,25). The van der Waals surface area contributed by atoms with E-state index in [9.17, 15) is 14.4 Å². The van der Waals surface area contributed by atoms with Crippen LogP contribution < -0.4 is 5.32 Å². The third-order valence-electron chi connectivity index (χ3n) is 4.49. The number of aldehydes is 1. The molecule has 1 N–H and O–H groups in total. The molecule has 0 aliphatic rings. The van der Waals surface area contributed by atoms with Crippen molar-refractivity contribution in [1.29, 1.82) is 0 Å². The van der Waals surface area contributed by atoms with Crippen molar-refractivity contribution < 1.29 is 19.1 Å². The Balaban J connectivity index is 2.28. The van der Waals surface area contributed by atoms with Crippen LogP contribution in [0, 0.1) is 6.92 Å². The van der Waals surface area contributed by atoms with Crippen molar-refractivity contribution in [2.24, 2.45) is 0 Å². The lowest BCUT2D eigenvalue weighted by Gasteiger charge is -2.18. The number of amides is 1. The molecule has 0 fully saturated rings. The van der Waals surface area contributed by atoms with Crippen molar-refractivity contribution >= 4 is 34.5 Å². The quantitative estimate of drug-likeness (QED) is 0.504. The largest absolute Gasteiger partial charge is 0.462 e. The molecule has 6 nitrogen and oxygen atoms in total. The van der Waals surface area contributed by atoms with E-state index in [0.717, 1.165) is 36.5 Å². The number of ether oxygens (including phenoxy) is 1. The zero-order chi connectivity index (χ0) is 20.7. The van der Waals surface area contributed by atoms with Crippen LogP contribution in [0.15, 0.2) is 24.3 Å². The molecule has 28 heavy (non-hydrogen) atoms. The minimum Gasteiger partial charge on any atom is -0.462 e. The normalized spacial score (nSPS) is 10.8. The van der Waals surface area contributed by atoms with Crippen LogP contribution in [-0.2, 0) is 11.3 Å². The van der Waals surface area contributed by atoms with Gasteiger partial charge in [-0.1, -0.05) is 26.0 Å². The lowest BCUT2D eigenvalue weighted by Crippen LogP contribution is -2.22. The third-order valence-corrected chi connectivity index (χ3v) is 5.62. The Kier molecular flexibility index (Phi) is 7.90. The molecule has 1 aromatic heterocycles. The van der Waals surface area contributed by atoms with Crippen molar-refractivity contribution in [1.82, 2.24) is 4.90 Å². The molecule has 0 saturated carbocycles. The van der Waals surface area contributed by atoms with Gasteiger partial charge in [0.05, 0.1) is 17.0 Å². The van der Waals surface area contributed by atoms with Crippen molar-refractivity contribution in [2.75, 3.05) is 25.0 Å². The summed E-state index contributed by atoms with van der Waals surface area (Å²) in [7, 11) is 0. The summed E-state index contributed by atoms with van der Waals surface area (Å²) in [6.07, 6.45) is 0.684. The number of benzene rings is 1. The second-order valence-electron chi connectivity index (χ2n) is 6.25. The number of rotatable bonds is 9. The van der Waals surface area contributed by atoms with Crippen LogP contribution >= 0.6 is 11.3 Å². The van der Waals surface area contributed by atoms with Crippen LogP contribution in [0.1, 0.15) is 62.3 Å². The molecule has 1 heterocycles. The van der Waals surface area contributed by atoms with E-state index in [2.05, 4.69) is 24.1 Å². The number of hydrogen-bond acceptors (Lipinski definition) is 6. The number of nitrogens with zero attached hydrogens (tertiary/aromatic N) is 1. The highest BCUT2D eigenvalue weighted by Gasteiger charge is 2.23. The summed E-state index contributed by atoms with van der Waals surface area (Å²) in [6.45, 7) is 10.4. The second-order valence-corrected chi connectivity index (χ2v) is 7.30. The summed E-state index contributed by atoms with van der Waals surface area (Å²) in [4.78, 5) is 39.0. The molecule has 0 spiro atoms. The molecule has 7 heteroatoms. The summed E-state index contributed by atoms with van der Waals surface area (Å²) in [5.41, 5.74) is 2.29. The Morgan fingerprint density at radius 2 is 1.93 bits per heavy atom. The highest BCUT2D eigenvalue weighted by atomic mass is 32.1. The fourth-order valence-electron chi connectivity index (χ4n) is 2.87. The maximum absolute atomic E-state index is 12.8. The Bertz CT molecular complexity index is 856. The SMILES string of the molecule is CCOC(=O)c1c(NC(=O)c2cccc(CN(CC)CC)c2)sc(C=O)c1C. The highest BCUT2D eigenvalue weighted by molar-refractivity contribution is 7.18. The molecular formula is C21H26N2O4S. The molecule has 1 amide bonds. The number of esters is 1. The van der Waals surface area contributed by atoms with Gasteiger partial charge in [0.25, 0.3) is 5.91 Å². The zero-order valence-corrected chi connectivity index (χ0v) is 17.5. The van der Waals surface area contributed by atoms with Gasteiger partial charge in [0.2, 0.25) is 0 Å². The maximum atomic E-state index is 12.8. The van der Waals surface area contributed by atoms with Gasteiger partial charge in [0.15, 0.2) is 6.29 Å². The minimum absolute atomic E-state index is 0.214. The van der Waals surface area contributed by atoms with E-state index in [1.54, 1.807) is 19.9 Å². The average molecular weight is 403 g/mol. The molecule has 0 radical (unpaired) electrons. The summed E-state index contributed by atoms with van der Waals surface area (Å²) in [5, 5.41) is 3.11. The summed E-state index contributed by atoms with van der Waals surface area (Å²) in [5.74, 6) is -0.874. The van der Waals surface area contributed by atoms with Crippen LogP contribution in [0.25, 0.3) is 0 Å². The van der Waals surface area contributed by atoms with Crippen molar-refractivity contribution in [3.63, 3.8) is 0 Å². The van der Waals surface area contributed by atoms with Crippen LogP contribution in [0.4, 0.5) is 5.00 Å². The molecule has 0 saturated heterocycles. The van der Waals surface area contributed by atoms with Crippen LogP contribution in [0.3, 0.4) is 0 Å². The van der Waals surface area contributed by atoms with E-state index in [4.69, 9.17) is 4.74 Å². The molecule has 0 aliphatic heterocycles. The number of nitrogens with one attached hydrogen (secondary N) is 1. The van der Waals surface area contributed by atoms with Gasteiger partial charge in [0, 0.05) is 12.1 Å². The van der Waals surface area contributed by atoms with Crippen LogP contribution in [-0.4, -0.2) is 42.8 Å². The fourth-order valence-corrected chi connectivity index (χ4v) is 3.88. The predicted octanol–water partition coefficient (Wildman–Crippen LogP) is 4.14. The molecule has 150 valence electrons. The lowest BCUT2D eigenvalue weighted by molar-refractivity contribution is 0.0527. The Labute approximate surface area is 169 Å². The molecule has 0 unspecified atom stereocenters. The first-order valence-electron chi connectivity index (χ1n) is 9.33. The van der Waals surface area contributed by atoms with Gasteiger partial charge in [-0.2, -0.15) is 0 Å². The van der Waals surface area contributed by atoms with E-state index in [1.807, 2.05) is 18.2 Å². The molecule has 0 atom stereocenters. The molecule has 0 bridgehead atoms. The van der Waals surface area contributed by atoms with Gasteiger partial charge in [-0.15, -0.1) is 11.3 Å². The zero-order valence-electron chi connectivity index (χ0n) is 16.7. The first kappa shape index (κ1) is 21.8. The van der Waals surface area contributed by atoms with Crippen molar-refractivity contribution in [2.45, 2.75) is 34.2 Å².